The van der Waals surface area contributed by atoms with E-state index >= 15 is 0 Å². The maximum Gasteiger partial charge on any atom is 0.417 e. The molecule has 0 aliphatic rings. The zero-order valence-corrected chi connectivity index (χ0v) is 11.4. The third-order valence-corrected chi connectivity index (χ3v) is 2.91. The molecule has 0 saturated carbocycles. The van der Waals surface area contributed by atoms with Crippen LogP contribution in [-0.4, -0.2) is 32.6 Å². The number of hydrogen-bond acceptors (Lipinski definition) is 3. The van der Waals surface area contributed by atoms with E-state index in [1.807, 2.05) is 11.8 Å². The van der Waals surface area contributed by atoms with E-state index in [2.05, 4.69) is 0 Å². The lowest BCUT2D eigenvalue weighted by atomic mass is 10.0. The Hall–Kier alpha value is -1.76. The van der Waals surface area contributed by atoms with Gasteiger partial charge in [-0.3, -0.25) is 5.41 Å². The van der Waals surface area contributed by atoms with Gasteiger partial charge in [-0.1, -0.05) is 0 Å². The van der Waals surface area contributed by atoms with Crippen LogP contribution in [0.2, 0.25) is 0 Å². The normalized spacial score (nSPS) is 11.4. The number of hydrogen-bond donors (Lipinski definition) is 2. The molecule has 4 nitrogen and oxygen atoms in total. The number of anilines is 1. The van der Waals surface area contributed by atoms with Crippen molar-refractivity contribution in [3.63, 3.8) is 0 Å². The monoisotopic (exact) mass is 289 g/mol. The summed E-state index contributed by atoms with van der Waals surface area (Å²) < 4.78 is 43.5. The van der Waals surface area contributed by atoms with Gasteiger partial charge in [0.2, 0.25) is 0 Å². The van der Waals surface area contributed by atoms with Crippen LogP contribution < -0.4 is 10.6 Å². The highest BCUT2D eigenvalue weighted by molar-refractivity contribution is 5.97. The molecule has 0 saturated heterocycles. The number of nitrogen functional groups attached to an aromatic ring is 1. The third kappa shape index (κ3) is 3.86. The molecule has 0 atom stereocenters. The van der Waals surface area contributed by atoms with Crippen molar-refractivity contribution in [2.24, 2.45) is 5.73 Å². The number of nitrogens with zero attached hydrogens (tertiary/aromatic N) is 1. The average Bonchev–Trinajstić information content (AvgIpc) is 2.38. The van der Waals surface area contributed by atoms with Crippen LogP contribution in [0, 0.1) is 5.41 Å². The minimum Gasteiger partial charge on any atom is -0.384 e. The van der Waals surface area contributed by atoms with Crippen LogP contribution in [0.5, 0.6) is 0 Å². The molecule has 112 valence electrons. The largest absolute Gasteiger partial charge is 0.417 e. The quantitative estimate of drug-likeness (QED) is 0.624. The summed E-state index contributed by atoms with van der Waals surface area (Å²) in [6.45, 7) is 3.52. The molecule has 0 unspecified atom stereocenters. The summed E-state index contributed by atoms with van der Waals surface area (Å²) in [4.78, 5) is 1.86. The van der Waals surface area contributed by atoms with Crippen molar-refractivity contribution in [2.75, 3.05) is 31.7 Å². The van der Waals surface area contributed by atoms with Crippen molar-refractivity contribution in [2.45, 2.75) is 13.1 Å². The predicted molar refractivity (Wildman–Crippen MR) is 72.2 cm³/mol. The molecule has 1 rings (SSSR count). The van der Waals surface area contributed by atoms with Gasteiger partial charge in [0, 0.05) is 31.5 Å². The fourth-order valence-corrected chi connectivity index (χ4v) is 1.87. The Morgan fingerprint density at radius 2 is 2.05 bits per heavy atom. The Labute approximate surface area is 115 Å². The Kier molecular flexibility index (Phi) is 5.38. The van der Waals surface area contributed by atoms with Crippen LogP contribution in [0.15, 0.2) is 18.2 Å². The standard InChI is InChI=1S/C13H18F3N3O/c1-3-19(6-7-20-2)9-4-5-11(13(14,15)16)10(8-9)12(17)18/h4-5,8H,3,6-7H2,1-2H3,(H3,17,18). The van der Waals surface area contributed by atoms with E-state index in [-0.39, 0.29) is 5.56 Å². The second-order valence-electron chi connectivity index (χ2n) is 4.21. The maximum atomic E-state index is 12.8. The van der Waals surface area contributed by atoms with Crippen molar-refractivity contribution in [3.05, 3.63) is 29.3 Å². The summed E-state index contributed by atoms with van der Waals surface area (Å²) in [5, 5.41) is 7.32. The van der Waals surface area contributed by atoms with Gasteiger partial charge < -0.3 is 15.4 Å². The molecule has 0 radical (unpaired) electrons. The average molecular weight is 289 g/mol. The van der Waals surface area contributed by atoms with Crippen LogP contribution in [0.25, 0.3) is 0 Å². The highest BCUT2D eigenvalue weighted by Gasteiger charge is 2.34. The van der Waals surface area contributed by atoms with Gasteiger partial charge in [-0.05, 0) is 25.1 Å². The van der Waals surface area contributed by atoms with Gasteiger partial charge in [-0.15, -0.1) is 0 Å². The number of nitrogens with one attached hydrogen (secondary N) is 1. The number of rotatable bonds is 6. The number of halogens is 3. The van der Waals surface area contributed by atoms with Crippen molar-refractivity contribution in [3.8, 4) is 0 Å². The number of nitrogens with two attached hydrogens (primary N) is 1. The van der Waals surface area contributed by atoms with Crippen molar-refractivity contribution < 1.29 is 17.9 Å². The highest BCUT2D eigenvalue weighted by atomic mass is 19.4. The van der Waals surface area contributed by atoms with E-state index in [0.29, 0.717) is 25.4 Å². The molecule has 0 bridgehead atoms. The SMILES string of the molecule is CCN(CCOC)c1ccc(C(F)(F)F)c(C(=N)N)c1. The lowest BCUT2D eigenvalue weighted by molar-refractivity contribution is -0.137. The molecular weight excluding hydrogens is 271 g/mol. The van der Waals surface area contributed by atoms with E-state index in [1.54, 1.807) is 7.11 Å². The van der Waals surface area contributed by atoms with E-state index in [1.165, 1.54) is 12.1 Å². The molecule has 0 amide bonds. The molecule has 0 spiro atoms. The molecule has 20 heavy (non-hydrogen) atoms. The molecular formula is C13H18F3N3O. The predicted octanol–water partition coefficient (Wildman–Crippen LogP) is 2.46. The van der Waals surface area contributed by atoms with Gasteiger partial charge in [-0.25, -0.2) is 0 Å². The smallest absolute Gasteiger partial charge is 0.384 e. The van der Waals surface area contributed by atoms with E-state index in [0.717, 1.165) is 6.07 Å². The van der Waals surface area contributed by atoms with Gasteiger partial charge in [-0.2, -0.15) is 13.2 Å². The lowest BCUT2D eigenvalue weighted by Crippen LogP contribution is -2.28. The van der Waals surface area contributed by atoms with Crippen LogP contribution in [0.3, 0.4) is 0 Å². The molecule has 1 aromatic rings. The van der Waals surface area contributed by atoms with Gasteiger partial charge >= 0.3 is 6.18 Å². The fourth-order valence-electron chi connectivity index (χ4n) is 1.87. The van der Waals surface area contributed by atoms with Gasteiger partial charge in [0.25, 0.3) is 0 Å². The van der Waals surface area contributed by atoms with Gasteiger partial charge in [0.1, 0.15) is 5.84 Å². The van der Waals surface area contributed by atoms with Crippen molar-refractivity contribution >= 4 is 11.5 Å². The molecule has 0 aromatic heterocycles. The Morgan fingerprint density at radius 1 is 1.40 bits per heavy atom. The van der Waals surface area contributed by atoms with E-state index in [9.17, 15) is 13.2 Å². The zero-order chi connectivity index (χ0) is 15.3. The number of ether oxygens (including phenoxy) is 1. The first-order valence-electron chi connectivity index (χ1n) is 6.10. The number of likely N-dealkylation sites (N-methyl/N-ethyl adjacent to an activating group) is 1. The second-order valence-corrected chi connectivity index (χ2v) is 4.21. The van der Waals surface area contributed by atoms with Crippen LogP contribution >= 0.6 is 0 Å². The fraction of sp³-hybridized carbons (Fsp3) is 0.462. The molecule has 7 heteroatoms. The molecule has 0 fully saturated rings. The summed E-state index contributed by atoms with van der Waals surface area (Å²) in [6.07, 6.45) is -4.52. The Bertz CT molecular complexity index is 474. The highest BCUT2D eigenvalue weighted by Crippen LogP contribution is 2.33. The molecule has 3 N–H and O–H groups in total. The van der Waals surface area contributed by atoms with Crippen molar-refractivity contribution in [1.82, 2.24) is 0 Å². The first-order valence-corrected chi connectivity index (χ1v) is 6.10. The van der Waals surface area contributed by atoms with Crippen LogP contribution in [0.4, 0.5) is 18.9 Å². The topological polar surface area (TPSA) is 62.3 Å². The number of amidine groups is 1. The van der Waals surface area contributed by atoms with E-state index in [4.69, 9.17) is 15.9 Å². The Morgan fingerprint density at radius 3 is 2.50 bits per heavy atom. The first-order chi connectivity index (χ1) is 9.31. The Balaban J connectivity index is 3.19. The second kappa shape index (κ2) is 6.60. The lowest BCUT2D eigenvalue weighted by Gasteiger charge is -2.24. The maximum absolute atomic E-state index is 12.8. The van der Waals surface area contributed by atoms with Gasteiger partial charge in [0.15, 0.2) is 0 Å². The molecule has 0 aliphatic heterocycles. The minimum atomic E-state index is -4.52. The summed E-state index contributed by atoms with van der Waals surface area (Å²) in [5.41, 5.74) is 4.66. The molecule has 0 aliphatic carbocycles. The van der Waals surface area contributed by atoms with Gasteiger partial charge in [0.05, 0.1) is 12.2 Å². The number of alkyl halides is 3. The zero-order valence-electron chi connectivity index (χ0n) is 11.4. The number of methoxy groups -OCH3 is 1. The van der Waals surface area contributed by atoms with E-state index < -0.39 is 17.6 Å². The summed E-state index contributed by atoms with van der Waals surface area (Å²) in [7, 11) is 1.56. The van der Waals surface area contributed by atoms with Crippen LogP contribution in [-0.2, 0) is 10.9 Å². The summed E-state index contributed by atoms with van der Waals surface area (Å²) >= 11 is 0. The third-order valence-electron chi connectivity index (χ3n) is 2.91. The summed E-state index contributed by atoms with van der Waals surface area (Å²) in [5.74, 6) is -0.595. The summed E-state index contributed by atoms with van der Waals surface area (Å²) in [6, 6.07) is 3.64. The van der Waals surface area contributed by atoms with Crippen molar-refractivity contribution in [1.29, 1.82) is 5.41 Å². The van der Waals surface area contributed by atoms with Crippen LogP contribution in [0.1, 0.15) is 18.1 Å². The minimum absolute atomic E-state index is 0.300. The molecule has 1 aromatic carbocycles. The first kappa shape index (κ1) is 16.3. The molecule has 0 heterocycles. The number of benzene rings is 1.